The van der Waals surface area contributed by atoms with Gasteiger partial charge in [-0.3, -0.25) is 10.1 Å². The molecule has 10 heteroatoms. The van der Waals surface area contributed by atoms with Crippen LogP contribution >= 0.6 is 0 Å². The first-order valence-electron chi connectivity index (χ1n) is 12.9. The molecule has 2 rings (SSSR count). The van der Waals surface area contributed by atoms with Gasteiger partial charge in [-0.1, -0.05) is 45.0 Å². The number of nitrogens with two attached hydrogens (primary N) is 1. The van der Waals surface area contributed by atoms with Gasteiger partial charge in [0.2, 0.25) is 5.91 Å². The maximum Gasteiger partial charge on any atom is 0.407 e. The highest BCUT2D eigenvalue weighted by molar-refractivity contribution is 5.82. The summed E-state index contributed by atoms with van der Waals surface area (Å²) in [6.45, 7) is 6.44. The van der Waals surface area contributed by atoms with E-state index in [1.807, 2.05) is 26.8 Å². The first kappa shape index (κ1) is 31.2. The van der Waals surface area contributed by atoms with E-state index < -0.39 is 24.2 Å². The Hall–Kier alpha value is -2.98. The quantitative estimate of drug-likeness (QED) is 0.260. The predicted molar refractivity (Wildman–Crippen MR) is 145 cm³/mol. The molecule has 0 aliphatic heterocycles. The van der Waals surface area contributed by atoms with Gasteiger partial charge in [0, 0.05) is 18.7 Å². The van der Waals surface area contributed by atoms with Crippen molar-refractivity contribution in [1.82, 2.24) is 10.6 Å². The highest BCUT2D eigenvalue weighted by Crippen LogP contribution is 2.34. The molecule has 0 aliphatic rings. The van der Waals surface area contributed by atoms with Crippen LogP contribution in [0.4, 0.5) is 18.9 Å². The van der Waals surface area contributed by atoms with Crippen LogP contribution in [0.15, 0.2) is 42.5 Å². The van der Waals surface area contributed by atoms with Gasteiger partial charge in [-0.25, -0.2) is 0 Å². The average Bonchev–Trinajstić information content (AvgIpc) is 2.88. The Morgan fingerprint density at radius 1 is 1.05 bits per heavy atom. The summed E-state index contributed by atoms with van der Waals surface area (Å²) in [6, 6.07) is 8.19. The molecular formula is C28H41F3N4O3. The van der Waals surface area contributed by atoms with E-state index in [1.165, 1.54) is 12.1 Å². The second-order valence-corrected chi connectivity index (χ2v) is 9.66. The maximum atomic E-state index is 14.1. The molecule has 5 N–H and O–H groups in total. The fourth-order valence-corrected chi connectivity index (χ4v) is 4.12. The Morgan fingerprint density at radius 2 is 1.74 bits per heavy atom. The molecule has 7 nitrogen and oxygen atoms in total. The van der Waals surface area contributed by atoms with Crippen LogP contribution in [0, 0.1) is 5.92 Å². The summed E-state index contributed by atoms with van der Waals surface area (Å²) in [7, 11) is 3.11. The standard InChI is InChI=1S/C28H41F3N4O3/c1-6-21(17-33-23-12-11-22(37-4)16-25(23)38-5)34-27(36)24(15-18(2)3)35-26(28(29,30)31)20-9-7-19(8-10-20)13-14-32/h7-12,16,18,21,24,26,33,35H,6,13-15,17,32H2,1-5H3,(H,34,36)/t21-,24-,26-/m0/s1. The summed E-state index contributed by atoms with van der Waals surface area (Å²) < 4.78 is 53.0. The number of methoxy groups -OCH3 is 2. The van der Waals surface area contributed by atoms with Crippen molar-refractivity contribution < 1.29 is 27.4 Å². The number of rotatable bonds is 15. The number of hydrogen-bond acceptors (Lipinski definition) is 6. The Kier molecular flexibility index (Phi) is 12.2. The SMILES string of the molecule is CC[C@@H](CNc1ccc(OC)cc1OC)NC(=O)[C@H](CC(C)C)N[C@@H](c1ccc(CCN)cc1)C(F)(F)F. The number of carbonyl (C=O) groups excluding carboxylic acids is 1. The van der Waals surface area contributed by atoms with Crippen molar-refractivity contribution in [2.24, 2.45) is 11.7 Å². The Morgan fingerprint density at radius 3 is 2.26 bits per heavy atom. The van der Waals surface area contributed by atoms with Crippen LogP contribution in [-0.2, 0) is 11.2 Å². The minimum atomic E-state index is -4.58. The molecule has 2 aromatic rings. The summed E-state index contributed by atoms with van der Waals surface area (Å²) in [6.07, 6.45) is -3.17. The molecule has 0 radical (unpaired) electrons. The van der Waals surface area contributed by atoms with E-state index in [0.29, 0.717) is 43.1 Å². The molecule has 0 aromatic heterocycles. The zero-order valence-corrected chi connectivity index (χ0v) is 22.8. The highest BCUT2D eigenvalue weighted by atomic mass is 19.4. The van der Waals surface area contributed by atoms with Gasteiger partial charge in [0.1, 0.15) is 17.5 Å². The van der Waals surface area contributed by atoms with E-state index in [2.05, 4.69) is 16.0 Å². The molecular weight excluding hydrogens is 497 g/mol. The molecule has 2 aromatic carbocycles. The lowest BCUT2D eigenvalue weighted by Gasteiger charge is -2.30. The van der Waals surface area contributed by atoms with E-state index in [9.17, 15) is 18.0 Å². The Bertz CT molecular complexity index is 1000. The van der Waals surface area contributed by atoms with Crippen molar-refractivity contribution in [1.29, 1.82) is 0 Å². The van der Waals surface area contributed by atoms with Gasteiger partial charge in [0.25, 0.3) is 0 Å². The number of ether oxygens (including phenoxy) is 2. The third-order valence-corrected chi connectivity index (χ3v) is 6.25. The van der Waals surface area contributed by atoms with E-state index in [1.54, 1.807) is 38.5 Å². The highest BCUT2D eigenvalue weighted by Gasteiger charge is 2.43. The smallest absolute Gasteiger partial charge is 0.407 e. The van der Waals surface area contributed by atoms with Crippen molar-refractivity contribution in [3.05, 3.63) is 53.6 Å². The van der Waals surface area contributed by atoms with Gasteiger partial charge in [-0.05, 0) is 55.0 Å². The topological polar surface area (TPSA) is 97.6 Å². The molecule has 0 spiro atoms. The minimum Gasteiger partial charge on any atom is -0.497 e. The summed E-state index contributed by atoms with van der Waals surface area (Å²) in [5.41, 5.74) is 7.19. The van der Waals surface area contributed by atoms with Crippen molar-refractivity contribution >= 4 is 11.6 Å². The lowest BCUT2D eigenvalue weighted by atomic mass is 9.98. The first-order valence-corrected chi connectivity index (χ1v) is 12.9. The number of anilines is 1. The molecule has 3 atom stereocenters. The lowest BCUT2D eigenvalue weighted by molar-refractivity contribution is -0.161. The Balaban J connectivity index is 2.17. The van der Waals surface area contributed by atoms with Crippen LogP contribution in [0.2, 0.25) is 0 Å². The van der Waals surface area contributed by atoms with Gasteiger partial charge >= 0.3 is 6.18 Å². The van der Waals surface area contributed by atoms with Gasteiger partial charge in [-0.15, -0.1) is 0 Å². The van der Waals surface area contributed by atoms with E-state index in [0.717, 1.165) is 5.56 Å². The summed E-state index contributed by atoms with van der Waals surface area (Å²) in [5, 5.41) is 8.79. The molecule has 0 unspecified atom stereocenters. The molecule has 0 saturated carbocycles. The summed E-state index contributed by atoms with van der Waals surface area (Å²) in [5.74, 6) is 0.753. The monoisotopic (exact) mass is 538 g/mol. The van der Waals surface area contributed by atoms with Crippen LogP contribution in [0.1, 0.15) is 50.8 Å². The summed E-state index contributed by atoms with van der Waals surface area (Å²) in [4.78, 5) is 13.3. The fourth-order valence-electron chi connectivity index (χ4n) is 4.12. The molecule has 0 bridgehead atoms. The van der Waals surface area contributed by atoms with E-state index >= 15 is 0 Å². The van der Waals surface area contributed by atoms with Crippen LogP contribution in [0.5, 0.6) is 11.5 Å². The molecule has 1 amide bonds. The third-order valence-electron chi connectivity index (χ3n) is 6.25. The zero-order valence-electron chi connectivity index (χ0n) is 22.8. The molecule has 0 saturated heterocycles. The van der Waals surface area contributed by atoms with Crippen LogP contribution < -0.4 is 31.2 Å². The lowest BCUT2D eigenvalue weighted by Crippen LogP contribution is -2.52. The van der Waals surface area contributed by atoms with Gasteiger partial charge in [0.15, 0.2) is 0 Å². The van der Waals surface area contributed by atoms with Crippen molar-refractivity contribution in [2.75, 3.05) is 32.6 Å². The number of amides is 1. The molecule has 38 heavy (non-hydrogen) atoms. The number of carbonyl (C=O) groups is 1. The van der Waals surface area contributed by atoms with Crippen LogP contribution in [0.25, 0.3) is 0 Å². The van der Waals surface area contributed by atoms with Crippen molar-refractivity contribution in [3.63, 3.8) is 0 Å². The van der Waals surface area contributed by atoms with Crippen molar-refractivity contribution in [2.45, 2.75) is 64.3 Å². The van der Waals surface area contributed by atoms with Crippen LogP contribution in [0.3, 0.4) is 0 Å². The molecule has 0 heterocycles. The normalized spacial score (nSPS) is 14.1. The number of hydrogen-bond donors (Lipinski definition) is 4. The molecule has 0 aliphatic carbocycles. The number of benzene rings is 2. The molecule has 212 valence electrons. The number of halogens is 3. The largest absolute Gasteiger partial charge is 0.497 e. The maximum absolute atomic E-state index is 14.1. The minimum absolute atomic E-state index is 0.000765. The summed E-state index contributed by atoms with van der Waals surface area (Å²) >= 11 is 0. The second-order valence-electron chi connectivity index (χ2n) is 9.66. The number of nitrogens with one attached hydrogen (secondary N) is 3. The fraction of sp³-hybridized carbons (Fsp3) is 0.536. The zero-order chi connectivity index (χ0) is 28.3. The third kappa shape index (κ3) is 9.40. The first-order chi connectivity index (χ1) is 18.0. The van der Waals surface area contributed by atoms with Crippen LogP contribution in [-0.4, -0.2) is 51.5 Å². The average molecular weight is 539 g/mol. The van der Waals surface area contributed by atoms with Gasteiger partial charge in [-0.2, -0.15) is 13.2 Å². The van der Waals surface area contributed by atoms with Gasteiger partial charge in [0.05, 0.1) is 25.9 Å². The van der Waals surface area contributed by atoms with Crippen molar-refractivity contribution in [3.8, 4) is 11.5 Å². The van der Waals surface area contributed by atoms with E-state index in [-0.39, 0.29) is 23.9 Å². The predicted octanol–water partition coefficient (Wildman–Crippen LogP) is 4.82. The Labute approximate surface area is 223 Å². The van der Waals surface area contributed by atoms with E-state index in [4.69, 9.17) is 15.2 Å². The van der Waals surface area contributed by atoms with Gasteiger partial charge < -0.3 is 25.8 Å². The number of alkyl halides is 3. The second kappa shape index (κ2) is 14.8. The molecule has 0 fully saturated rings.